The van der Waals surface area contributed by atoms with Crippen molar-refractivity contribution >= 4 is 44.6 Å². The van der Waals surface area contributed by atoms with Crippen LogP contribution in [0.25, 0.3) is 15.7 Å². The smallest absolute Gasteiger partial charge is 0.291 e. The summed E-state index contributed by atoms with van der Waals surface area (Å²) in [4.78, 5) is 28.3. The molecule has 1 aliphatic heterocycles. The predicted molar refractivity (Wildman–Crippen MR) is 121 cm³/mol. The fourth-order valence-corrected chi connectivity index (χ4v) is 5.65. The summed E-state index contributed by atoms with van der Waals surface area (Å²) in [7, 11) is 0. The maximum absolute atomic E-state index is 13.1. The number of amides is 1. The van der Waals surface area contributed by atoms with Crippen molar-refractivity contribution in [2.75, 3.05) is 13.1 Å². The molecule has 0 spiro atoms. The number of halogens is 1. The fourth-order valence-electron chi connectivity index (χ4n) is 4.49. The topological polar surface area (TPSA) is 91.9 Å². The van der Waals surface area contributed by atoms with Crippen LogP contribution in [0.5, 0.6) is 0 Å². The van der Waals surface area contributed by atoms with E-state index >= 15 is 0 Å². The van der Waals surface area contributed by atoms with Crippen LogP contribution in [-0.4, -0.2) is 55.3 Å². The van der Waals surface area contributed by atoms with Crippen molar-refractivity contribution < 1.29 is 9.90 Å². The quantitative estimate of drug-likeness (QED) is 0.606. The first-order valence-corrected chi connectivity index (χ1v) is 11.9. The van der Waals surface area contributed by atoms with Crippen molar-refractivity contribution in [3.8, 4) is 0 Å². The Labute approximate surface area is 188 Å². The lowest BCUT2D eigenvalue weighted by Crippen LogP contribution is -2.49. The monoisotopic (exact) mass is 463 g/mol. The highest BCUT2D eigenvalue weighted by atomic mass is 35.5. The van der Waals surface area contributed by atoms with E-state index in [4.69, 9.17) is 11.6 Å². The van der Waals surface area contributed by atoms with Crippen LogP contribution in [0.3, 0.4) is 0 Å². The Kier molecular flexibility index (Phi) is 5.12. The van der Waals surface area contributed by atoms with E-state index < -0.39 is 5.60 Å². The molecule has 2 aliphatic rings. The van der Waals surface area contributed by atoms with Gasteiger partial charge in [-0.3, -0.25) is 18.9 Å². The van der Waals surface area contributed by atoms with Crippen LogP contribution in [-0.2, 0) is 16.9 Å². The van der Waals surface area contributed by atoms with Crippen molar-refractivity contribution in [3.63, 3.8) is 0 Å². The van der Waals surface area contributed by atoms with Gasteiger partial charge in [-0.2, -0.15) is 5.10 Å². The molecule has 3 aromatic heterocycles. The van der Waals surface area contributed by atoms with Crippen LogP contribution < -0.4 is 10.9 Å². The second kappa shape index (κ2) is 7.58. The Morgan fingerprint density at radius 2 is 2.10 bits per heavy atom. The van der Waals surface area contributed by atoms with Crippen LogP contribution in [0.1, 0.15) is 45.4 Å². The van der Waals surface area contributed by atoms with Gasteiger partial charge in [0.15, 0.2) is 5.82 Å². The molecule has 31 heavy (non-hydrogen) atoms. The second-order valence-electron chi connectivity index (χ2n) is 9.14. The molecule has 1 atom stereocenters. The van der Waals surface area contributed by atoms with Crippen molar-refractivity contribution in [2.45, 2.75) is 63.8 Å². The van der Waals surface area contributed by atoms with Gasteiger partial charge in [-0.15, -0.1) is 11.3 Å². The average Bonchev–Trinajstić information content (AvgIpc) is 3.39. The molecule has 0 radical (unpaired) electrons. The summed E-state index contributed by atoms with van der Waals surface area (Å²) < 4.78 is 4.23. The van der Waals surface area contributed by atoms with E-state index in [1.165, 1.54) is 24.2 Å². The summed E-state index contributed by atoms with van der Waals surface area (Å²) in [5.74, 6) is 0.0525. The van der Waals surface area contributed by atoms with Gasteiger partial charge < -0.3 is 10.4 Å². The van der Waals surface area contributed by atoms with Gasteiger partial charge in [-0.1, -0.05) is 11.6 Å². The average molecular weight is 464 g/mol. The summed E-state index contributed by atoms with van der Waals surface area (Å²) in [6, 6.07) is 4.28. The van der Waals surface area contributed by atoms with Crippen LogP contribution in [0, 0.1) is 0 Å². The number of hydrogen-bond acceptors (Lipinski definition) is 6. The number of aliphatic hydroxyl groups is 1. The number of fused-ring (bicyclic) bond motifs is 3. The summed E-state index contributed by atoms with van der Waals surface area (Å²) >= 11 is 7.50. The number of nitrogens with zero attached hydrogens (tertiary/aromatic N) is 4. The third kappa shape index (κ3) is 4.00. The van der Waals surface area contributed by atoms with Crippen LogP contribution in [0.2, 0.25) is 4.34 Å². The zero-order valence-corrected chi connectivity index (χ0v) is 19.2. The first-order chi connectivity index (χ1) is 14.7. The van der Waals surface area contributed by atoms with Gasteiger partial charge in [0.05, 0.1) is 14.6 Å². The van der Waals surface area contributed by atoms with Gasteiger partial charge in [0.1, 0.15) is 17.7 Å². The van der Waals surface area contributed by atoms with Crippen molar-refractivity contribution in [1.29, 1.82) is 0 Å². The molecular formula is C21H26ClN5O3S. The molecule has 1 aliphatic carbocycles. The van der Waals surface area contributed by atoms with Gasteiger partial charge in [0, 0.05) is 18.6 Å². The van der Waals surface area contributed by atoms with Gasteiger partial charge in [0.25, 0.3) is 5.56 Å². The molecule has 0 bridgehead atoms. The second-order valence-corrected chi connectivity index (χ2v) is 10.9. The Morgan fingerprint density at radius 1 is 1.32 bits per heavy atom. The van der Waals surface area contributed by atoms with Crippen molar-refractivity contribution in [2.24, 2.45) is 0 Å². The Bertz CT molecular complexity index is 1220. The highest BCUT2D eigenvalue weighted by molar-refractivity contribution is 7.22. The number of piperidine rings is 1. The zero-order valence-electron chi connectivity index (χ0n) is 17.6. The molecule has 3 aromatic rings. The fraction of sp³-hybridized carbons (Fsp3) is 0.571. The Morgan fingerprint density at radius 3 is 2.81 bits per heavy atom. The third-order valence-electron chi connectivity index (χ3n) is 6.06. The lowest BCUT2D eigenvalue weighted by atomic mass is 10.1. The summed E-state index contributed by atoms with van der Waals surface area (Å²) in [6.07, 6.45) is 4.51. The molecule has 10 heteroatoms. The zero-order chi connectivity index (χ0) is 21.9. The maximum atomic E-state index is 13.1. The molecule has 2 N–H and O–H groups in total. The number of carbonyl (C=O) groups excluding carboxylic acids is 1. The van der Waals surface area contributed by atoms with E-state index in [0.717, 1.165) is 40.8 Å². The minimum Gasteiger partial charge on any atom is -0.382 e. The van der Waals surface area contributed by atoms with E-state index in [-0.39, 0.29) is 29.9 Å². The summed E-state index contributed by atoms with van der Waals surface area (Å²) in [5.41, 5.74) is -0.592. The number of thiophene rings is 1. The lowest BCUT2D eigenvalue weighted by Gasteiger charge is -2.33. The number of rotatable bonds is 5. The molecule has 2 fully saturated rings. The number of carbonyl (C=O) groups is 1. The van der Waals surface area contributed by atoms with Gasteiger partial charge in [-0.25, -0.2) is 4.68 Å². The summed E-state index contributed by atoms with van der Waals surface area (Å²) in [5, 5.41) is 18.2. The van der Waals surface area contributed by atoms with Crippen LogP contribution in [0.4, 0.5) is 0 Å². The van der Waals surface area contributed by atoms with E-state index in [1.54, 1.807) is 30.4 Å². The largest absolute Gasteiger partial charge is 0.382 e. The first-order valence-electron chi connectivity index (χ1n) is 10.7. The Balaban J connectivity index is 1.44. The van der Waals surface area contributed by atoms with E-state index in [2.05, 4.69) is 15.3 Å². The van der Waals surface area contributed by atoms with Gasteiger partial charge in [0.2, 0.25) is 5.91 Å². The normalized spacial score (nSPS) is 20.6. The maximum Gasteiger partial charge on any atom is 0.291 e. The minimum absolute atomic E-state index is 0.0933. The molecule has 0 unspecified atom stereocenters. The van der Waals surface area contributed by atoms with Gasteiger partial charge in [-0.05, 0) is 58.2 Å². The standard InChI is InChI=1S/C21H26ClN5O3S/c1-21(2,30)20-24-26(19(29)15-8-16-14(27(15)20)9-17(22)31-16)11-18(28)23-12-4-3-7-25(10-12)13-5-6-13/h8-9,12-13,30H,3-7,10-11H2,1-2H3,(H,23,28)/t12-/m1/s1. The lowest BCUT2D eigenvalue weighted by molar-refractivity contribution is -0.123. The molecule has 8 nitrogen and oxygen atoms in total. The number of aromatic nitrogens is 3. The molecule has 166 valence electrons. The molecule has 1 amide bonds. The molecule has 4 heterocycles. The molecule has 0 aromatic carbocycles. The minimum atomic E-state index is -1.32. The molecule has 1 saturated carbocycles. The molecule has 1 saturated heterocycles. The predicted octanol–water partition coefficient (Wildman–Crippen LogP) is 2.33. The third-order valence-corrected chi connectivity index (χ3v) is 7.26. The number of nitrogens with one attached hydrogen (secondary N) is 1. The van der Waals surface area contributed by atoms with Crippen LogP contribution >= 0.6 is 22.9 Å². The van der Waals surface area contributed by atoms with E-state index in [9.17, 15) is 14.7 Å². The van der Waals surface area contributed by atoms with E-state index in [1.807, 2.05) is 0 Å². The highest BCUT2D eigenvalue weighted by Gasteiger charge is 2.33. The van der Waals surface area contributed by atoms with Gasteiger partial charge >= 0.3 is 0 Å². The first kappa shape index (κ1) is 20.9. The summed E-state index contributed by atoms with van der Waals surface area (Å²) in [6.45, 7) is 5.00. The number of hydrogen-bond donors (Lipinski definition) is 2. The highest BCUT2D eigenvalue weighted by Crippen LogP contribution is 2.33. The van der Waals surface area contributed by atoms with Crippen LogP contribution in [0.15, 0.2) is 16.9 Å². The molecule has 5 rings (SSSR count). The Hall–Kier alpha value is -1.94. The van der Waals surface area contributed by atoms with E-state index in [0.29, 0.717) is 15.9 Å². The molecular weight excluding hydrogens is 438 g/mol. The van der Waals surface area contributed by atoms with Crippen molar-refractivity contribution in [3.05, 3.63) is 32.6 Å². The SMILES string of the molecule is CC(C)(O)c1nn(CC(=O)N[C@@H]2CCCN(C3CC3)C2)c(=O)c2cc3sc(Cl)cc3n12. The number of likely N-dealkylation sites (tertiary alicyclic amines) is 1. The van der Waals surface area contributed by atoms with Crippen molar-refractivity contribution in [1.82, 2.24) is 24.4 Å².